The predicted octanol–water partition coefficient (Wildman–Crippen LogP) is 3.10. The van der Waals surface area contributed by atoms with Gasteiger partial charge >= 0.3 is 0 Å². The number of hydrogen-bond donors (Lipinski definition) is 1. The van der Waals surface area contributed by atoms with Crippen LogP contribution in [0, 0.1) is 23.2 Å². The van der Waals surface area contributed by atoms with Gasteiger partial charge in [0.2, 0.25) is 5.91 Å². The summed E-state index contributed by atoms with van der Waals surface area (Å²) in [5.41, 5.74) is -0.280. The van der Waals surface area contributed by atoms with Crippen LogP contribution in [0.1, 0.15) is 72.6 Å². The van der Waals surface area contributed by atoms with Gasteiger partial charge in [-0.2, -0.15) is 0 Å². The van der Waals surface area contributed by atoms with Gasteiger partial charge in [-0.3, -0.25) is 19.2 Å². The van der Waals surface area contributed by atoms with Gasteiger partial charge < -0.3 is 5.32 Å². The van der Waals surface area contributed by atoms with Gasteiger partial charge in [-0.05, 0) is 12.8 Å². The molecule has 0 radical (unpaired) electrons. The van der Waals surface area contributed by atoms with Crippen molar-refractivity contribution < 1.29 is 19.2 Å². The van der Waals surface area contributed by atoms with E-state index in [-0.39, 0.29) is 28.7 Å². The standard InChI is InChI=1S/C20H33NO4/c1-6-13(22)16-17(18(16)19(25)21-5)14(23)11-9-7-8-10-12-15(24)20(2,3)4/h16-18H,6-12H2,1-5H3,(H,21,25). The molecule has 142 valence electrons. The highest BCUT2D eigenvalue weighted by Gasteiger charge is 2.60. The lowest BCUT2D eigenvalue weighted by Gasteiger charge is -2.16. The predicted molar refractivity (Wildman–Crippen MR) is 97.0 cm³/mol. The van der Waals surface area contributed by atoms with Crippen molar-refractivity contribution in [3.8, 4) is 0 Å². The molecule has 25 heavy (non-hydrogen) atoms. The first-order valence-electron chi connectivity index (χ1n) is 9.45. The summed E-state index contributed by atoms with van der Waals surface area (Å²) in [5, 5.41) is 2.55. The van der Waals surface area contributed by atoms with Gasteiger partial charge in [0.15, 0.2) is 0 Å². The monoisotopic (exact) mass is 351 g/mol. The maximum atomic E-state index is 12.4. The van der Waals surface area contributed by atoms with Crippen molar-refractivity contribution in [3.63, 3.8) is 0 Å². The van der Waals surface area contributed by atoms with E-state index in [1.807, 2.05) is 20.8 Å². The van der Waals surface area contributed by atoms with E-state index >= 15 is 0 Å². The van der Waals surface area contributed by atoms with Crippen LogP contribution in [0.5, 0.6) is 0 Å². The number of hydrogen-bond acceptors (Lipinski definition) is 4. The highest BCUT2D eigenvalue weighted by atomic mass is 16.2. The number of Topliss-reactive ketones (excluding diaryl/α,β-unsaturated/α-hetero) is 3. The van der Waals surface area contributed by atoms with E-state index in [2.05, 4.69) is 5.32 Å². The van der Waals surface area contributed by atoms with Crippen molar-refractivity contribution in [2.75, 3.05) is 7.05 Å². The molecule has 0 aromatic heterocycles. The fourth-order valence-electron chi connectivity index (χ4n) is 3.32. The van der Waals surface area contributed by atoms with Crippen molar-refractivity contribution in [2.24, 2.45) is 23.2 Å². The molecular formula is C20H33NO4. The van der Waals surface area contributed by atoms with Gasteiger partial charge in [0.1, 0.15) is 17.3 Å². The Hall–Kier alpha value is -1.52. The Balaban J connectivity index is 2.31. The lowest BCUT2D eigenvalue weighted by atomic mass is 9.88. The minimum atomic E-state index is -0.464. The van der Waals surface area contributed by atoms with Crippen LogP contribution in [0.15, 0.2) is 0 Å². The lowest BCUT2D eigenvalue weighted by Crippen LogP contribution is -2.22. The van der Waals surface area contributed by atoms with Crippen molar-refractivity contribution >= 4 is 23.3 Å². The molecule has 0 spiro atoms. The zero-order chi connectivity index (χ0) is 19.2. The third-order valence-electron chi connectivity index (χ3n) is 5.07. The molecule has 1 saturated carbocycles. The molecule has 0 aromatic carbocycles. The lowest BCUT2D eigenvalue weighted by molar-refractivity contribution is -0.126. The van der Waals surface area contributed by atoms with Crippen LogP contribution >= 0.6 is 0 Å². The van der Waals surface area contributed by atoms with Crippen molar-refractivity contribution in [2.45, 2.75) is 72.6 Å². The minimum absolute atomic E-state index is 0.00708. The number of ketones is 3. The summed E-state index contributed by atoms with van der Waals surface area (Å²) in [5.74, 6) is -1.19. The van der Waals surface area contributed by atoms with Crippen LogP contribution in [-0.2, 0) is 19.2 Å². The summed E-state index contributed by atoms with van der Waals surface area (Å²) >= 11 is 0. The van der Waals surface area contributed by atoms with Crippen LogP contribution in [-0.4, -0.2) is 30.3 Å². The number of unbranched alkanes of at least 4 members (excludes halogenated alkanes) is 3. The second-order valence-corrected chi connectivity index (χ2v) is 8.07. The third-order valence-corrected chi connectivity index (χ3v) is 5.07. The Kier molecular flexibility index (Phi) is 7.97. The first-order valence-corrected chi connectivity index (χ1v) is 9.45. The van der Waals surface area contributed by atoms with E-state index in [0.29, 0.717) is 19.3 Å². The summed E-state index contributed by atoms with van der Waals surface area (Å²) in [6, 6.07) is 0. The van der Waals surface area contributed by atoms with Gasteiger partial charge in [0.05, 0.1) is 5.92 Å². The molecular weight excluding hydrogens is 318 g/mol. The fraction of sp³-hybridized carbons (Fsp3) is 0.800. The Morgan fingerprint density at radius 2 is 1.32 bits per heavy atom. The first-order chi connectivity index (χ1) is 11.6. The Morgan fingerprint density at radius 3 is 1.80 bits per heavy atom. The van der Waals surface area contributed by atoms with Crippen molar-refractivity contribution in [1.29, 1.82) is 0 Å². The maximum absolute atomic E-state index is 12.4. The average molecular weight is 351 g/mol. The Bertz CT molecular complexity index is 496. The van der Waals surface area contributed by atoms with Gasteiger partial charge in [-0.1, -0.05) is 40.5 Å². The summed E-state index contributed by atoms with van der Waals surface area (Å²) in [7, 11) is 1.54. The Morgan fingerprint density at radius 1 is 0.800 bits per heavy atom. The van der Waals surface area contributed by atoms with Gasteiger partial charge in [0, 0.05) is 43.6 Å². The molecule has 1 N–H and O–H groups in total. The highest BCUT2D eigenvalue weighted by Crippen LogP contribution is 2.49. The van der Waals surface area contributed by atoms with E-state index in [9.17, 15) is 19.2 Å². The van der Waals surface area contributed by atoms with E-state index in [1.165, 1.54) is 7.05 Å². The molecule has 5 nitrogen and oxygen atoms in total. The summed E-state index contributed by atoms with van der Waals surface area (Å²) in [4.78, 5) is 47.9. The van der Waals surface area contributed by atoms with Crippen LogP contribution in [0.25, 0.3) is 0 Å². The molecule has 1 amide bonds. The zero-order valence-electron chi connectivity index (χ0n) is 16.3. The second-order valence-electron chi connectivity index (χ2n) is 8.07. The van der Waals surface area contributed by atoms with Gasteiger partial charge in [-0.15, -0.1) is 0 Å². The molecule has 0 aromatic rings. The molecule has 0 heterocycles. The van der Waals surface area contributed by atoms with Gasteiger partial charge in [-0.25, -0.2) is 0 Å². The fourth-order valence-corrected chi connectivity index (χ4v) is 3.32. The average Bonchev–Trinajstić information content (AvgIpc) is 3.30. The molecule has 0 saturated heterocycles. The second kappa shape index (κ2) is 9.25. The molecule has 1 fully saturated rings. The van der Waals surface area contributed by atoms with Crippen molar-refractivity contribution in [1.82, 2.24) is 5.32 Å². The van der Waals surface area contributed by atoms with Crippen LogP contribution in [0.3, 0.4) is 0 Å². The zero-order valence-corrected chi connectivity index (χ0v) is 16.3. The number of carbonyl (C=O) groups is 4. The molecule has 1 aliphatic carbocycles. The van der Waals surface area contributed by atoms with Crippen LogP contribution in [0.2, 0.25) is 0 Å². The molecule has 3 unspecified atom stereocenters. The maximum Gasteiger partial charge on any atom is 0.224 e. The van der Waals surface area contributed by atoms with Crippen LogP contribution in [0.4, 0.5) is 0 Å². The molecule has 1 rings (SSSR count). The minimum Gasteiger partial charge on any atom is -0.359 e. The normalized spacial score (nSPS) is 22.4. The van der Waals surface area contributed by atoms with E-state index in [0.717, 1.165) is 25.7 Å². The molecule has 0 bridgehead atoms. The molecule has 5 heteroatoms. The molecule has 0 aliphatic heterocycles. The largest absolute Gasteiger partial charge is 0.359 e. The van der Waals surface area contributed by atoms with E-state index in [4.69, 9.17) is 0 Å². The summed E-state index contributed by atoms with van der Waals surface area (Å²) < 4.78 is 0. The summed E-state index contributed by atoms with van der Waals surface area (Å²) in [6.07, 6.45) is 4.80. The molecule has 3 atom stereocenters. The van der Waals surface area contributed by atoms with E-state index < -0.39 is 17.8 Å². The topological polar surface area (TPSA) is 80.3 Å². The van der Waals surface area contributed by atoms with Crippen molar-refractivity contribution in [3.05, 3.63) is 0 Å². The summed E-state index contributed by atoms with van der Waals surface area (Å²) in [6.45, 7) is 7.56. The third kappa shape index (κ3) is 6.05. The smallest absolute Gasteiger partial charge is 0.224 e. The van der Waals surface area contributed by atoms with Crippen LogP contribution < -0.4 is 5.32 Å². The number of rotatable bonds is 11. The van der Waals surface area contributed by atoms with Gasteiger partial charge in [0.25, 0.3) is 0 Å². The SMILES string of the molecule is CCC(=O)C1C(C(=O)CCCCCCC(=O)C(C)(C)C)C1C(=O)NC. The van der Waals surface area contributed by atoms with E-state index in [1.54, 1.807) is 6.92 Å². The number of amides is 1. The Labute approximate surface area is 151 Å². The highest BCUT2D eigenvalue weighted by molar-refractivity contribution is 6.03. The molecule has 1 aliphatic rings. The first kappa shape index (κ1) is 21.5. The number of nitrogens with one attached hydrogen (secondary N) is 1. The quantitative estimate of drug-likeness (QED) is 0.580. The number of carbonyl (C=O) groups excluding carboxylic acids is 4.